The average molecular weight is 287 g/mol. The van der Waals surface area contributed by atoms with Crippen LogP contribution in [0.1, 0.15) is 39.0 Å². The number of piperidine rings is 1. The first-order valence-electron chi connectivity index (χ1n) is 8.09. The Morgan fingerprint density at radius 2 is 1.86 bits per heavy atom. The maximum absolute atomic E-state index is 12.4. The molecule has 0 bridgehead atoms. The van der Waals surface area contributed by atoms with Gasteiger partial charge in [0, 0.05) is 24.5 Å². The molecule has 0 spiro atoms. The average Bonchev–Trinajstić information content (AvgIpc) is 3.03. The Morgan fingerprint density at radius 1 is 1.14 bits per heavy atom. The van der Waals surface area contributed by atoms with Crippen LogP contribution < -0.4 is 15.5 Å². The van der Waals surface area contributed by atoms with Crippen molar-refractivity contribution in [2.24, 2.45) is 0 Å². The van der Waals surface area contributed by atoms with Gasteiger partial charge in [0.05, 0.1) is 5.54 Å². The van der Waals surface area contributed by atoms with Gasteiger partial charge in [-0.1, -0.05) is 0 Å². The number of hydrogen-bond acceptors (Lipinski definition) is 3. The molecule has 2 fully saturated rings. The van der Waals surface area contributed by atoms with Gasteiger partial charge in [0.15, 0.2) is 0 Å². The van der Waals surface area contributed by atoms with Crippen molar-refractivity contribution in [1.29, 1.82) is 0 Å². The smallest absolute Gasteiger partial charge is 0.244 e. The van der Waals surface area contributed by atoms with Crippen molar-refractivity contribution in [2.75, 3.05) is 29.9 Å². The van der Waals surface area contributed by atoms with E-state index in [0.717, 1.165) is 44.6 Å². The highest BCUT2D eigenvalue weighted by molar-refractivity contribution is 5.98. The summed E-state index contributed by atoms with van der Waals surface area (Å²) in [6.45, 7) is 5.22. The summed E-state index contributed by atoms with van der Waals surface area (Å²) < 4.78 is 0. The van der Waals surface area contributed by atoms with Crippen LogP contribution in [0, 0.1) is 0 Å². The highest BCUT2D eigenvalue weighted by Gasteiger charge is 2.34. The summed E-state index contributed by atoms with van der Waals surface area (Å²) in [4.78, 5) is 14.8. The van der Waals surface area contributed by atoms with Crippen LogP contribution in [-0.2, 0) is 4.79 Å². The minimum atomic E-state index is -0.425. The molecule has 21 heavy (non-hydrogen) atoms. The Balaban J connectivity index is 1.63. The molecule has 3 rings (SSSR count). The van der Waals surface area contributed by atoms with Crippen LogP contribution in [0.15, 0.2) is 24.3 Å². The van der Waals surface area contributed by atoms with Crippen molar-refractivity contribution >= 4 is 17.3 Å². The van der Waals surface area contributed by atoms with Crippen LogP contribution in [0.5, 0.6) is 0 Å². The minimum absolute atomic E-state index is 0.0797. The van der Waals surface area contributed by atoms with E-state index in [0.29, 0.717) is 0 Å². The van der Waals surface area contributed by atoms with Crippen LogP contribution in [0.4, 0.5) is 11.4 Å². The van der Waals surface area contributed by atoms with Crippen LogP contribution in [0.3, 0.4) is 0 Å². The second-order valence-corrected chi connectivity index (χ2v) is 6.41. The molecular formula is C17H25N3O. The van der Waals surface area contributed by atoms with Crippen LogP contribution >= 0.6 is 0 Å². The summed E-state index contributed by atoms with van der Waals surface area (Å²) in [5, 5.41) is 6.40. The van der Waals surface area contributed by atoms with Gasteiger partial charge in [-0.25, -0.2) is 0 Å². The minimum Gasteiger partial charge on any atom is -0.372 e. The predicted octanol–water partition coefficient (Wildman–Crippen LogP) is 2.76. The summed E-state index contributed by atoms with van der Waals surface area (Å²) in [7, 11) is 0. The maximum Gasteiger partial charge on any atom is 0.244 e. The van der Waals surface area contributed by atoms with Crippen molar-refractivity contribution in [3.8, 4) is 0 Å². The summed E-state index contributed by atoms with van der Waals surface area (Å²) >= 11 is 0. The molecule has 1 atom stereocenters. The fourth-order valence-corrected chi connectivity index (χ4v) is 3.25. The lowest BCUT2D eigenvalue weighted by Crippen LogP contribution is -2.54. The number of anilines is 2. The Bertz CT molecular complexity index is 485. The molecule has 4 heteroatoms. The van der Waals surface area contributed by atoms with Gasteiger partial charge in [-0.05, 0) is 69.8 Å². The molecule has 2 heterocycles. The monoisotopic (exact) mass is 287 g/mol. The Hall–Kier alpha value is -1.55. The van der Waals surface area contributed by atoms with Crippen molar-refractivity contribution in [3.63, 3.8) is 0 Å². The molecule has 0 aliphatic carbocycles. The van der Waals surface area contributed by atoms with Gasteiger partial charge in [0.2, 0.25) is 5.91 Å². The number of carbonyl (C=O) groups is 1. The topological polar surface area (TPSA) is 44.4 Å². The molecule has 1 amide bonds. The highest BCUT2D eigenvalue weighted by Crippen LogP contribution is 2.24. The van der Waals surface area contributed by atoms with Crippen molar-refractivity contribution < 1.29 is 4.79 Å². The lowest BCUT2D eigenvalue weighted by molar-refractivity contribution is -0.122. The quantitative estimate of drug-likeness (QED) is 0.898. The van der Waals surface area contributed by atoms with E-state index in [2.05, 4.69) is 27.7 Å². The van der Waals surface area contributed by atoms with Gasteiger partial charge < -0.3 is 15.5 Å². The summed E-state index contributed by atoms with van der Waals surface area (Å²) in [5.74, 6) is 0.0797. The maximum atomic E-state index is 12.4. The standard InChI is InChI=1S/C17H25N3O/c1-17(10-2-3-11-18-17)16(21)19-14-6-8-15(9-7-14)20-12-4-5-13-20/h6-9,18H,2-5,10-13H2,1H3,(H,19,21). The molecule has 4 nitrogen and oxygen atoms in total. The van der Waals surface area contributed by atoms with Crippen LogP contribution in [-0.4, -0.2) is 31.1 Å². The first-order valence-corrected chi connectivity index (χ1v) is 8.09. The van der Waals surface area contributed by atoms with Gasteiger partial charge in [-0.2, -0.15) is 0 Å². The summed E-state index contributed by atoms with van der Waals surface area (Å²) in [6, 6.07) is 8.24. The molecule has 114 valence electrons. The number of hydrogen-bond donors (Lipinski definition) is 2. The molecule has 2 saturated heterocycles. The molecule has 0 aromatic heterocycles. The van der Waals surface area contributed by atoms with E-state index in [1.807, 2.05) is 19.1 Å². The van der Waals surface area contributed by atoms with Gasteiger partial charge in [-0.3, -0.25) is 4.79 Å². The lowest BCUT2D eigenvalue weighted by atomic mass is 9.90. The van der Waals surface area contributed by atoms with E-state index in [-0.39, 0.29) is 5.91 Å². The van der Waals surface area contributed by atoms with E-state index in [4.69, 9.17) is 0 Å². The number of nitrogens with one attached hydrogen (secondary N) is 2. The zero-order valence-electron chi connectivity index (χ0n) is 12.8. The van der Waals surface area contributed by atoms with E-state index in [9.17, 15) is 4.79 Å². The third-order valence-corrected chi connectivity index (χ3v) is 4.72. The molecule has 2 aliphatic rings. The zero-order chi connectivity index (χ0) is 14.7. The third-order valence-electron chi connectivity index (χ3n) is 4.72. The molecule has 0 radical (unpaired) electrons. The first-order chi connectivity index (χ1) is 10.2. The number of nitrogens with zero attached hydrogens (tertiary/aromatic N) is 1. The normalized spacial score (nSPS) is 25.9. The summed E-state index contributed by atoms with van der Waals surface area (Å²) in [6.07, 6.45) is 5.74. The Kier molecular flexibility index (Phi) is 4.15. The predicted molar refractivity (Wildman–Crippen MR) is 86.8 cm³/mol. The molecule has 1 aromatic carbocycles. The molecule has 2 aliphatic heterocycles. The number of amides is 1. The van der Waals surface area contributed by atoms with Gasteiger partial charge in [-0.15, -0.1) is 0 Å². The zero-order valence-corrected chi connectivity index (χ0v) is 12.8. The van der Waals surface area contributed by atoms with E-state index in [1.54, 1.807) is 0 Å². The molecule has 0 saturated carbocycles. The second kappa shape index (κ2) is 6.06. The third kappa shape index (κ3) is 3.21. The number of rotatable bonds is 3. The first kappa shape index (κ1) is 14.4. The number of benzene rings is 1. The van der Waals surface area contributed by atoms with E-state index >= 15 is 0 Å². The van der Waals surface area contributed by atoms with E-state index in [1.165, 1.54) is 18.5 Å². The number of carbonyl (C=O) groups excluding carboxylic acids is 1. The molecule has 1 unspecified atom stereocenters. The van der Waals surface area contributed by atoms with Crippen molar-refractivity contribution in [3.05, 3.63) is 24.3 Å². The van der Waals surface area contributed by atoms with Gasteiger partial charge in [0.1, 0.15) is 0 Å². The van der Waals surface area contributed by atoms with Gasteiger partial charge >= 0.3 is 0 Å². The van der Waals surface area contributed by atoms with Crippen LogP contribution in [0.25, 0.3) is 0 Å². The fraction of sp³-hybridized carbons (Fsp3) is 0.588. The van der Waals surface area contributed by atoms with Gasteiger partial charge in [0.25, 0.3) is 0 Å². The highest BCUT2D eigenvalue weighted by atomic mass is 16.2. The van der Waals surface area contributed by atoms with Crippen LogP contribution in [0.2, 0.25) is 0 Å². The SMILES string of the molecule is CC1(C(=O)Nc2ccc(N3CCCC3)cc2)CCCCN1. The Morgan fingerprint density at radius 3 is 2.48 bits per heavy atom. The van der Waals surface area contributed by atoms with Crippen molar-refractivity contribution in [1.82, 2.24) is 5.32 Å². The largest absolute Gasteiger partial charge is 0.372 e. The fourth-order valence-electron chi connectivity index (χ4n) is 3.25. The molecule has 2 N–H and O–H groups in total. The van der Waals surface area contributed by atoms with Crippen molar-refractivity contribution in [2.45, 2.75) is 44.6 Å². The Labute approximate surface area is 126 Å². The summed E-state index contributed by atoms with van der Waals surface area (Å²) in [5.41, 5.74) is 1.72. The molecule has 1 aromatic rings. The second-order valence-electron chi connectivity index (χ2n) is 6.41. The lowest BCUT2D eigenvalue weighted by Gasteiger charge is -2.33. The molecular weight excluding hydrogens is 262 g/mol. The van der Waals surface area contributed by atoms with E-state index < -0.39 is 5.54 Å².